The van der Waals surface area contributed by atoms with Crippen molar-refractivity contribution in [2.45, 2.75) is 13.8 Å². The maximum absolute atomic E-state index is 12.0. The molecule has 0 radical (unpaired) electrons. The minimum atomic E-state index is -1.22. The van der Waals surface area contributed by atoms with E-state index in [1.165, 1.54) is 18.5 Å². The highest BCUT2D eigenvalue weighted by molar-refractivity contribution is 5.94. The lowest BCUT2D eigenvalue weighted by atomic mass is 10.2. The molecule has 136 valence electrons. The third-order valence-corrected chi connectivity index (χ3v) is 4.12. The summed E-state index contributed by atoms with van der Waals surface area (Å²) in [5.74, 6) is -1.55. The molecule has 1 N–H and O–H groups in total. The molecule has 0 saturated carbocycles. The lowest BCUT2D eigenvalue weighted by Gasteiger charge is -2.11. The molecule has 0 aliphatic rings. The number of carboxylic acids is 1. The summed E-state index contributed by atoms with van der Waals surface area (Å²) in [7, 11) is 0. The zero-order chi connectivity index (χ0) is 19.4. The van der Waals surface area contributed by atoms with Crippen LogP contribution < -0.4 is 10.5 Å². The Hall–Kier alpha value is -3.74. The second-order valence-corrected chi connectivity index (χ2v) is 5.93. The van der Waals surface area contributed by atoms with Gasteiger partial charge in [0.2, 0.25) is 0 Å². The molecule has 3 rings (SSSR count). The molecular formula is C20H17N4O3-. The van der Waals surface area contributed by atoms with E-state index in [4.69, 9.17) is 0 Å². The van der Waals surface area contributed by atoms with Gasteiger partial charge >= 0.3 is 0 Å². The van der Waals surface area contributed by atoms with Crippen LogP contribution in [-0.4, -0.2) is 27.6 Å². The van der Waals surface area contributed by atoms with E-state index in [1.54, 1.807) is 30.5 Å². The van der Waals surface area contributed by atoms with Crippen molar-refractivity contribution in [1.82, 2.24) is 15.0 Å². The van der Waals surface area contributed by atoms with Crippen LogP contribution in [0.1, 0.15) is 37.7 Å². The smallest absolute Gasteiger partial charge is 0.271 e. The fourth-order valence-corrected chi connectivity index (χ4v) is 2.82. The van der Waals surface area contributed by atoms with Crippen LogP contribution in [0, 0.1) is 13.8 Å². The van der Waals surface area contributed by atoms with Crippen LogP contribution in [0.3, 0.4) is 0 Å². The predicted octanol–water partition coefficient (Wildman–Crippen LogP) is 1.62. The van der Waals surface area contributed by atoms with Gasteiger partial charge in [-0.05, 0) is 49.7 Å². The van der Waals surface area contributed by atoms with E-state index >= 15 is 0 Å². The van der Waals surface area contributed by atoms with Crippen LogP contribution in [0.15, 0.2) is 60.0 Å². The summed E-state index contributed by atoms with van der Waals surface area (Å²) in [4.78, 5) is 27.0. The van der Waals surface area contributed by atoms with Gasteiger partial charge in [0.05, 0.1) is 12.2 Å². The van der Waals surface area contributed by atoms with Crippen molar-refractivity contribution in [3.8, 4) is 5.69 Å². The van der Waals surface area contributed by atoms with Gasteiger partial charge in [-0.3, -0.25) is 9.78 Å². The topological polar surface area (TPSA) is 99.4 Å². The third-order valence-electron chi connectivity index (χ3n) is 4.12. The molecule has 2 heterocycles. The molecule has 0 fully saturated rings. The van der Waals surface area contributed by atoms with Gasteiger partial charge in [0.25, 0.3) is 5.91 Å². The number of rotatable bonds is 5. The van der Waals surface area contributed by atoms with E-state index in [0.717, 1.165) is 17.0 Å². The van der Waals surface area contributed by atoms with Crippen molar-refractivity contribution >= 4 is 18.1 Å². The first-order valence-electron chi connectivity index (χ1n) is 8.21. The van der Waals surface area contributed by atoms with Crippen LogP contribution in [0.5, 0.6) is 0 Å². The zero-order valence-electron chi connectivity index (χ0n) is 14.8. The number of aromatic nitrogens is 2. The number of hydrogen-bond donors (Lipinski definition) is 1. The molecule has 7 nitrogen and oxygen atoms in total. The molecular weight excluding hydrogens is 344 g/mol. The molecule has 0 spiro atoms. The second-order valence-electron chi connectivity index (χ2n) is 5.93. The lowest BCUT2D eigenvalue weighted by Crippen LogP contribution is -2.22. The molecule has 0 bridgehead atoms. The molecule has 2 aromatic heterocycles. The minimum absolute atomic E-state index is 0.111. The molecule has 0 saturated heterocycles. The molecule has 0 unspecified atom stereocenters. The predicted molar refractivity (Wildman–Crippen MR) is 98.9 cm³/mol. The van der Waals surface area contributed by atoms with Gasteiger partial charge in [0.15, 0.2) is 0 Å². The highest BCUT2D eigenvalue weighted by Gasteiger charge is 2.10. The van der Waals surface area contributed by atoms with Crippen LogP contribution in [0.25, 0.3) is 5.69 Å². The number of aromatic carboxylic acids is 1. The maximum atomic E-state index is 12.0. The summed E-state index contributed by atoms with van der Waals surface area (Å²) in [5.41, 5.74) is 6.34. The van der Waals surface area contributed by atoms with Crippen molar-refractivity contribution in [2.75, 3.05) is 0 Å². The molecule has 0 aliphatic heterocycles. The van der Waals surface area contributed by atoms with E-state index in [2.05, 4.69) is 15.5 Å². The van der Waals surface area contributed by atoms with Crippen LogP contribution in [-0.2, 0) is 0 Å². The average Bonchev–Trinajstić information content (AvgIpc) is 2.96. The standard InChI is InChI=1S/C20H18N4O3/c1-13-10-17(12-22-23-19(25)15-6-8-21-9-7-15)14(2)24(13)18-5-3-4-16(11-18)20(26)27/h3-12H,1-2H3,(H,23,25)(H,26,27)/p-1/b22-12-. The number of nitrogens with one attached hydrogen (secondary N) is 1. The Kier molecular flexibility index (Phi) is 5.12. The largest absolute Gasteiger partial charge is 0.545 e. The van der Waals surface area contributed by atoms with Gasteiger partial charge in [-0.2, -0.15) is 5.10 Å². The van der Waals surface area contributed by atoms with Gasteiger partial charge < -0.3 is 14.5 Å². The maximum Gasteiger partial charge on any atom is 0.271 e. The number of hydrazone groups is 1. The molecule has 1 aromatic carbocycles. The van der Waals surface area contributed by atoms with Crippen molar-refractivity contribution < 1.29 is 14.7 Å². The number of aryl methyl sites for hydroxylation is 1. The van der Waals surface area contributed by atoms with E-state index in [9.17, 15) is 14.7 Å². The molecule has 0 atom stereocenters. The highest BCUT2D eigenvalue weighted by atomic mass is 16.4. The summed E-state index contributed by atoms with van der Waals surface area (Å²) >= 11 is 0. The number of nitrogens with zero attached hydrogens (tertiary/aromatic N) is 3. The van der Waals surface area contributed by atoms with E-state index in [1.807, 2.05) is 30.5 Å². The summed E-state index contributed by atoms with van der Waals surface area (Å²) in [6.45, 7) is 3.80. The lowest BCUT2D eigenvalue weighted by molar-refractivity contribution is -0.255. The summed E-state index contributed by atoms with van der Waals surface area (Å²) in [6, 6.07) is 11.6. The van der Waals surface area contributed by atoms with Gasteiger partial charge in [-0.15, -0.1) is 0 Å². The van der Waals surface area contributed by atoms with Crippen molar-refractivity contribution in [3.63, 3.8) is 0 Å². The Labute approximate surface area is 156 Å². The normalized spacial score (nSPS) is 10.9. The van der Waals surface area contributed by atoms with Gasteiger partial charge in [-0.25, -0.2) is 5.43 Å². The Morgan fingerprint density at radius 3 is 2.56 bits per heavy atom. The fraction of sp³-hybridized carbons (Fsp3) is 0.100. The Balaban J connectivity index is 1.83. The first kappa shape index (κ1) is 18.1. The van der Waals surface area contributed by atoms with E-state index in [-0.39, 0.29) is 11.5 Å². The SMILES string of the molecule is Cc1cc(/C=N\NC(=O)c2ccncc2)c(C)n1-c1cccc(C(=O)[O-])c1. The van der Waals surface area contributed by atoms with Gasteiger partial charge in [0, 0.05) is 40.6 Å². The second kappa shape index (κ2) is 7.65. The molecule has 3 aromatic rings. The number of amides is 1. The highest BCUT2D eigenvalue weighted by Crippen LogP contribution is 2.20. The van der Waals surface area contributed by atoms with Crippen LogP contribution >= 0.6 is 0 Å². The monoisotopic (exact) mass is 361 g/mol. The minimum Gasteiger partial charge on any atom is -0.545 e. The number of carbonyl (C=O) groups excluding carboxylic acids is 2. The Bertz CT molecular complexity index is 1020. The summed E-state index contributed by atoms with van der Waals surface area (Å²) in [5, 5.41) is 15.1. The molecule has 7 heteroatoms. The van der Waals surface area contributed by atoms with Gasteiger partial charge in [0.1, 0.15) is 0 Å². The zero-order valence-corrected chi connectivity index (χ0v) is 14.8. The molecule has 1 amide bonds. The number of pyridine rings is 1. The van der Waals surface area contributed by atoms with E-state index < -0.39 is 5.97 Å². The Morgan fingerprint density at radius 1 is 1.11 bits per heavy atom. The number of hydrogen-bond acceptors (Lipinski definition) is 5. The molecule has 27 heavy (non-hydrogen) atoms. The third kappa shape index (κ3) is 3.92. The Morgan fingerprint density at radius 2 is 1.85 bits per heavy atom. The van der Waals surface area contributed by atoms with Crippen molar-refractivity contribution in [3.05, 3.63) is 82.9 Å². The summed E-state index contributed by atoms with van der Waals surface area (Å²) < 4.78 is 1.92. The summed E-state index contributed by atoms with van der Waals surface area (Å²) in [6.07, 6.45) is 4.63. The van der Waals surface area contributed by atoms with E-state index in [0.29, 0.717) is 11.3 Å². The number of carboxylic acid groups (broad SMARTS) is 1. The van der Waals surface area contributed by atoms with Crippen molar-refractivity contribution in [1.29, 1.82) is 0 Å². The average molecular weight is 361 g/mol. The van der Waals surface area contributed by atoms with Crippen LogP contribution in [0.4, 0.5) is 0 Å². The van der Waals surface area contributed by atoms with Crippen LogP contribution in [0.2, 0.25) is 0 Å². The number of carbonyl (C=O) groups is 2. The van der Waals surface area contributed by atoms with Crippen molar-refractivity contribution in [2.24, 2.45) is 5.10 Å². The van der Waals surface area contributed by atoms with Gasteiger partial charge in [-0.1, -0.05) is 12.1 Å². The molecule has 0 aliphatic carbocycles. The first-order valence-corrected chi connectivity index (χ1v) is 8.21. The first-order chi connectivity index (χ1) is 13.0. The fourth-order valence-electron chi connectivity index (χ4n) is 2.82. The quantitative estimate of drug-likeness (QED) is 0.551. The number of benzene rings is 1.